The summed E-state index contributed by atoms with van der Waals surface area (Å²) in [5, 5.41) is 17.6. The molecule has 1 heterocycles. The molecular formula is C10H18F3NO3. The molecule has 7 heteroatoms. The molecule has 4 nitrogen and oxygen atoms in total. The first kappa shape index (κ1) is 14.7. The maximum Gasteiger partial charge on any atom is 0.406 e. The Morgan fingerprint density at radius 1 is 1.24 bits per heavy atom. The molecule has 0 saturated carbocycles. The number of aliphatic hydroxyl groups is 2. The molecular weight excluding hydrogens is 239 g/mol. The number of nitrogens with zero attached hydrogens (tertiary/aromatic N) is 1. The largest absolute Gasteiger partial charge is 0.406 e. The molecule has 1 fully saturated rings. The van der Waals surface area contributed by atoms with Gasteiger partial charge in [0, 0.05) is 19.7 Å². The van der Waals surface area contributed by atoms with Crippen LogP contribution in [-0.2, 0) is 4.74 Å². The van der Waals surface area contributed by atoms with E-state index in [0.717, 1.165) is 4.90 Å². The predicted octanol–water partition coefficient (Wildman–Crippen LogP) is 0.383. The summed E-state index contributed by atoms with van der Waals surface area (Å²) in [5.41, 5.74) is 0. The highest BCUT2D eigenvalue weighted by Gasteiger charge is 2.49. The Balaban J connectivity index is 2.78. The van der Waals surface area contributed by atoms with Gasteiger partial charge in [-0.15, -0.1) is 0 Å². The van der Waals surface area contributed by atoms with Gasteiger partial charge in [0.05, 0.1) is 19.3 Å². The number of rotatable bonds is 6. The summed E-state index contributed by atoms with van der Waals surface area (Å²) < 4.78 is 44.0. The van der Waals surface area contributed by atoms with Crippen LogP contribution in [0.25, 0.3) is 0 Å². The molecule has 1 aliphatic heterocycles. The van der Waals surface area contributed by atoms with E-state index in [4.69, 9.17) is 14.9 Å². The quantitative estimate of drug-likeness (QED) is 0.722. The van der Waals surface area contributed by atoms with Crippen molar-refractivity contribution < 1.29 is 28.1 Å². The van der Waals surface area contributed by atoms with Crippen molar-refractivity contribution in [3.8, 4) is 0 Å². The van der Waals surface area contributed by atoms with Crippen molar-refractivity contribution >= 4 is 0 Å². The zero-order chi connectivity index (χ0) is 12.9. The molecule has 102 valence electrons. The van der Waals surface area contributed by atoms with Crippen molar-refractivity contribution in [1.29, 1.82) is 0 Å². The summed E-state index contributed by atoms with van der Waals surface area (Å²) in [5.74, 6) is 0. The third-order valence-corrected chi connectivity index (χ3v) is 2.82. The normalized spacial score (nSPS) is 23.3. The van der Waals surface area contributed by atoms with Crippen LogP contribution in [0, 0.1) is 0 Å². The van der Waals surface area contributed by atoms with E-state index in [-0.39, 0.29) is 26.3 Å². The summed E-state index contributed by atoms with van der Waals surface area (Å²) >= 11 is 0. The Hall–Kier alpha value is -0.370. The molecule has 0 aromatic heterocycles. The van der Waals surface area contributed by atoms with Gasteiger partial charge in [-0.1, -0.05) is 0 Å². The van der Waals surface area contributed by atoms with E-state index in [1.165, 1.54) is 0 Å². The van der Waals surface area contributed by atoms with Gasteiger partial charge < -0.3 is 14.9 Å². The topological polar surface area (TPSA) is 52.9 Å². The molecule has 2 N–H and O–H groups in total. The van der Waals surface area contributed by atoms with E-state index in [9.17, 15) is 13.2 Å². The molecule has 1 rings (SSSR count). The van der Waals surface area contributed by atoms with E-state index in [1.807, 2.05) is 0 Å². The van der Waals surface area contributed by atoms with Crippen molar-refractivity contribution in [3.05, 3.63) is 0 Å². The summed E-state index contributed by atoms with van der Waals surface area (Å²) in [6.45, 7) is -0.656. The minimum atomic E-state index is -4.42. The van der Waals surface area contributed by atoms with Crippen LogP contribution in [0.2, 0.25) is 0 Å². The number of hydrogen-bond donors (Lipinski definition) is 2. The molecule has 17 heavy (non-hydrogen) atoms. The molecule has 0 aliphatic carbocycles. The van der Waals surface area contributed by atoms with Crippen LogP contribution in [-0.4, -0.2) is 66.3 Å². The molecule has 0 radical (unpaired) electrons. The van der Waals surface area contributed by atoms with Crippen molar-refractivity contribution in [2.75, 3.05) is 32.9 Å². The standard InChI is InChI=1S/C10H18F3NO3/c11-10(12,13)9(8-2-1-7-17-8)14(3-5-15)4-6-16/h8-9,15-16H,1-7H2. The van der Waals surface area contributed by atoms with Gasteiger partial charge in [0.2, 0.25) is 0 Å². The Morgan fingerprint density at radius 3 is 2.18 bits per heavy atom. The highest BCUT2D eigenvalue weighted by Crippen LogP contribution is 2.32. The van der Waals surface area contributed by atoms with Gasteiger partial charge in [0.25, 0.3) is 0 Å². The fourth-order valence-electron chi connectivity index (χ4n) is 2.15. The number of halogens is 3. The lowest BCUT2D eigenvalue weighted by atomic mass is 10.1. The molecule has 2 unspecified atom stereocenters. The molecule has 0 amide bonds. The monoisotopic (exact) mass is 257 g/mol. The Kier molecular flexibility index (Phi) is 5.64. The van der Waals surface area contributed by atoms with Crippen molar-refractivity contribution in [2.24, 2.45) is 0 Å². The average Bonchev–Trinajstić information content (AvgIpc) is 2.69. The molecule has 2 atom stereocenters. The third kappa shape index (κ3) is 4.09. The summed E-state index contributed by atoms with van der Waals surface area (Å²) in [6.07, 6.45) is -4.34. The second kappa shape index (κ2) is 6.53. The first-order valence-electron chi connectivity index (χ1n) is 5.64. The van der Waals surface area contributed by atoms with Crippen LogP contribution in [0.5, 0.6) is 0 Å². The van der Waals surface area contributed by atoms with Gasteiger partial charge in [0.1, 0.15) is 6.04 Å². The van der Waals surface area contributed by atoms with Gasteiger partial charge in [-0.05, 0) is 12.8 Å². The summed E-state index contributed by atoms with van der Waals surface area (Å²) in [6, 6.07) is -1.75. The second-order valence-electron chi connectivity index (χ2n) is 4.02. The van der Waals surface area contributed by atoms with Gasteiger partial charge in [-0.25, -0.2) is 0 Å². The van der Waals surface area contributed by atoms with E-state index in [2.05, 4.69) is 0 Å². The molecule has 0 spiro atoms. The van der Waals surface area contributed by atoms with Gasteiger partial charge in [0.15, 0.2) is 0 Å². The Labute approximate surface area is 98.0 Å². The number of aliphatic hydroxyl groups excluding tert-OH is 2. The molecule has 0 aromatic rings. The summed E-state index contributed by atoms with van der Waals surface area (Å²) in [4.78, 5) is 1.04. The lowest BCUT2D eigenvalue weighted by Gasteiger charge is -2.35. The minimum absolute atomic E-state index is 0.120. The second-order valence-corrected chi connectivity index (χ2v) is 4.02. The van der Waals surface area contributed by atoms with Crippen LogP contribution >= 0.6 is 0 Å². The van der Waals surface area contributed by atoms with Gasteiger partial charge in [-0.3, -0.25) is 4.90 Å². The van der Waals surface area contributed by atoms with Crippen LogP contribution in [0.15, 0.2) is 0 Å². The maximum absolute atomic E-state index is 13.0. The number of alkyl halides is 3. The van der Waals surface area contributed by atoms with Crippen LogP contribution < -0.4 is 0 Å². The van der Waals surface area contributed by atoms with Gasteiger partial charge >= 0.3 is 6.18 Å². The molecule has 1 saturated heterocycles. The van der Waals surface area contributed by atoms with Crippen molar-refractivity contribution in [3.63, 3.8) is 0 Å². The fraction of sp³-hybridized carbons (Fsp3) is 1.00. The fourth-order valence-corrected chi connectivity index (χ4v) is 2.15. The molecule has 0 aromatic carbocycles. The SMILES string of the molecule is OCCN(CCO)C(C1CCCO1)C(F)(F)F. The zero-order valence-corrected chi connectivity index (χ0v) is 9.49. The zero-order valence-electron chi connectivity index (χ0n) is 9.49. The first-order valence-corrected chi connectivity index (χ1v) is 5.64. The molecule has 1 aliphatic rings. The molecule has 0 bridgehead atoms. The van der Waals surface area contributed by atoms with E-state index in [0.29, 0.717) is 19.4 Å². The van der Waals surface area contributed by atoms with Gasteiger partial charge in [-0.2, -0.15) is 13.2 Å². The minimum Gasteiger partial charge on any atom is -0.395 e. The lowest BCUT2D eigenvalue weighted by molar-refractivity contribution is -0.211. The van der Waals surface area contributed by atoms with E-state index in [1.54, 1.807) is 0 Å². The van der Waals surface area contributed by atoms with Crippen LogP contribution in [0.1, 0.15) is 12.8 Å². The number of ether oxygens (including phenoxy) is 1. The first-order chi connectivity index (χ1) is 8.00. The maximum atomic E-state index is 13.0. The van der Waals surface area contributed by atoms with Crippen molar-refractivity contribution in [2.45, 2.75) is 31.2 Å². The predicted molar refractivity (Wildman–Crippen MR) is 54.6 cm³/mol. The van der Waals surface area contributed by atoms with Crippen LogP contribution in [0.4, 0.5) is 13.2 Å². The van der Waals surface area contributed by atoms with Crippen LogP contribution in [0.3, 0.4) is 0 Å². The smallest absolute Gasteiger partial charge is 0.395 e. The Morgan fingerprint density at radius 2 is 1.82 bits per heavy atom. The summed E-state index contributed by atoms with van der Waals surface area (Å²) in [7, 11) is 0. The third-order valence-electron chi connectivity index (χ3n) is 2.82. The Bertz CT molecular complexity index is 213. The highest BCUT2D eigenvalue weighted by atomic mass is 19.4. The van der Waals surface area contributed by atoms with E-state index < -0.39 is 18.3 Å². The highest BCUT2D eigenvalue weighted by molar-refractivity contribution is 4.88. The average molecular weight is 257 g/mol. The van der Waals surface area contributed by atoms with E-state index >= 15 is 0 Å². The van der Waals surface area contributed by atoms with Crippen molar-refractivity contribution in [1.82, 2.24) is 4.90 Å². The number of hydrogen-bond acceptors (Lipinski definition) is 4. The lowest BCUT2D eigenvalue weighted by Crippen LogP contribution is -2.54.